The van der Waals surface area contributed by atoms with Gasteiger partial charge in [0.25, 0.3) is 0 Å². The third-order valence-electron chi connectivity index (χ3n) is 4.54. The Bertz CT molecular complexity index is 816. The van der Waals surface area contributed by atoms with Gasteiger partial charge in [-0.1, -0.05) is 41.9 Å². The lowest BCUT2D eigenvalue weighted by molar-refractivity contribution is 0.0497. The van der Waals surface area contributed by atoms with Crippen LogP contribution in [0.2, 0.25) is 5.15 Å². The number of ether oxygens (including phenoxy) is 2. The Morgan fingerprint density at radius 3 is 2.55 bits per heavy atom. The molecule has 1 aliphatic rings. The Balaban J connectivity index is 1.55. The first-order valence-corrected chi connectivity index (χ1v) is 10.2. The van der Waals surface area contributed by atoms with Crippen molar-refractivity contribution in [3.63, 3.8) is 0 Å². The number of anilines is 1. The number of hydrogen-bond donors (Lipinski definition) is 1. The van der Waals surface area contributed by atoms with E-state index in [9.17, 15) is 4.79 Å². The van der Waals surface area contributed by atoms with Crippen molar-refractivity contribution in [3.8, 4) is 5.75 Å². The topological polar surface area (TPSA) is 63.7 Å². The van der Waals surface area contributed by atoms with Gasteiger partial charge < -0.3 is 19.7 Å². The van der Waals surface area contributed by atoms with Crippen LogP contribution in [0, 0.1) is 0 Å². The zero-order chi connectivity index (χ0) is 20.9. The van der Waals surface area contributed by atoms with Crippen molar-refractivity contribution in [1.29, 1.82) is 0 Å². The smallest absolute Gasteiger partial charge is 0.407 e. The van der Waals surface area contributed by atoms with Gasteiger partial charge in [0.05, 0.1) is 0 Å². The second-order valence-electron chi connectivity index (χ2n) is 8.17. The first-order chi connectivity index (χ1) is 13.8. The number of nitrogens with zero attached hydrogens (tertiary/aromatic N) is 2. The normalized spacial score (nSPS) is 15.1. The number of alkyl carbamates (subject to hydrolysis) is 1. The van der Waals surface area contributed by atoms with E-state index < -0.39 is 5.60 Å². The van der Waals surface area contributed by atoms with E-state index in [2.05, 4.69) is 15.2 Å². The van der Waals surface area contributed by atoms with Crippen molar-refractivity contribution in [2.75, 3.05) is 18.0 Å². The average molecular weight is 418 g/mol. The van der Waals surface area contributed by atoms with Gasteiger partial charge in [-0.2, -0.15) is 0 Å². The molecule has 0 bridgehead atoms. The highest BCUT2D eigenvalue weighted by Crippen LogP contribution is 2.26. The molecule has 2 heterocycles. The predicted octanol–water partition coefficient (Wildman–Crippen LogP) is 4.81. The number of aromatic nitrogens is 1. The van der Waals surface area contributed by atoms with Crippen molar-refractivity contribution < 1.29 is 14.3 Å². The molecule has 1 fully saturated rings. The molecule has 1 N–H and O–H groups in total. The van der Waals surface area contributed by atoms with Crippen molar-refractivity contribution in [1.82, 2.24) is 10.3 Å². The first kappa shape index (κ1) is 21.2. The summed E-state index contributed by atoms with van der Waals surface area (Å²) in [7, 11) is 0. The van der Waals surface area contributed by atoms with E-state index in [0.717, 1.165) is 37.3 Å². The number of nitrogens with one attached hydrogen (secondary N) is 1. The predicted molar refractivity (Wildman–Crippen MR) is 115 cm³/mol. The van der Waals surface area contributed by atoms with Crippen LogP contribution in [-0.4, -0.2) is 35.8 Å². The Labute approximate surface area is 177 Å². The molecule has 1 aromatic carbocycles. The number of carbonyl (C=O) groups excluding carboxylic acids is 1. The molecular formula is C22H28ClN3O3. The maximum Gasteiger partial charge on any atom is 0.407 e. The van der Waals surface area contributed by atoms with Crippen LogP contribution in [0.1, 0.15) is 39.2 Å². The van der Waals surface area contributed by atoms with Gasteiger partial charge in [0.1, 0.15) is 28.9 Å². The highest BCUT2D eigenvalue weighted by Gasteiger charge is 2.24. The van der Waals surface area contributed by atoms with E-state index in [1.807, 2.05) is 57.2 Å². The van der Waals surface area contributed by atoms with Crippen molar-refractivity contribution >= 4 is 23.5 Å². The van der Waals surface area contributed by atoms with Gasteiger partial charge >= 0.3 is 6.09 Å². The van der Waals surface area contributed by atoms with Crippen LogP contribution in [0.4, 0.5) is 10.6 Å². The zero-order valence-corrected chi connectivity index (χ0v) is 17.9. The second kappa shape index (κ2) is 9.35. The molecule has 6 nitrogen and oxygen atoms in total. The molecule has 1 saturated heterocycles. The van der Waals surface area contributed by atoms with E-state index in [4.69, 9.17) is 21.1 Å². The van der Waals surface area contributed by atoms with E-state index in [0.29, 0.717) is 17.5 Å². The Hall–Kier alpha value is -2.47. The van der Waals surface area contributed by atoms with Gasteiger partial charge in [0.2, 0.25) is 0 Å². The standard InChI is InChI=1S/C22H28ClN3O3/c1-22(2,3)29-21(27)24-17-9-11-26(12-10-17)20-14-18(13-19(23)25-20)28-15-16-7-5-4-6-8-16/h4-8,13-14,17H,9-12,15H2,1-3H3,(H,24,27). The average Bonchev–Trinajstić information content (AvgIpc) is 2.66. The Kier molecular flexibility index (Phi) is 6.85. The maximum atomic E-state index is 12.0. The minimum Gasteiger partial charge on any atom is -0.489 e. The molecule has 1 aliphatic heterocycles. The summed E-state index contributed by atoms with van der Waals surface area (Å²) in [5.74, 6) is 1.48. The molecule has 156 valence electrons. The largest absolute Gasteiger partial charge is 0.489 e. The maximum absolute atomic E-state index is 12.0. The number of pyridine rings is 1. The quantitative estimate of drug-likeness (QED) is 0.707. The van der Waals surface area contributed by atoms with E-state index >= 15 is 0 Å². The number of piperidine rings is 1. The Morgan fingerprint density at radius 1 is 1.21 bits per heavy atom. The zero-order valence-electron chi connectivity index (χ0n) is 17.2. The van der Waals surface area contributed by atoms with Crippen LogP contribution in [0.3, 0.4) is 0 Å². The van der Waals surface area contributed by atoms with Crippen LogP contribution in [-0.2, 0) is 11.3 Å². The van der Waals surface area contributed by atoms with Crippen LogP contribution in [0.5, 0.6) is 5.75 Å². The number of halogens is 1. The fraction of sp³-hybridized carbons (Fsp3) is 0.455. The fourth-order valence-corrected chi connectivity index (χ4v) is 3.37. The summed E-state index contributed by atoms with van der Waals surface area (Å²) < 4.78 is 11.2. The van der Waals surface area contributed by atoms with Gasteiger partial charge in [-0.25, -0.2) is 9.78 Å². The summed E-state index contributed by atoms with van der Waals surface area (Å²) in [6.45, 7) is 7.59. The second-order valence-corrected chi connectivity index (χ2v) is 8.55. The summed E-state index contributed by atoms with van der Waals surface area (Å²) in [5.41, 5.74) is 0.599. The first-order valence-electron chi connectivity index (χ1n) is 9.87. The van der Waals surface area contributed by atoms with E-state index in [1.165, 1.54) is 0 Å². The molecule has 7 heteroatoms. The highest BCUT2D eigenvalue weighted by molar-refractivity contribution is 6.29. The van der Waals surface area contributed by atoms with Gasteiger partial charge in [0, 0.05) is 31.3 Å². The number of carbonyl (C=O) groups is 1. The molecule has 3 rings (SSSR count). The lowest BCUT2D eigenvalue weighted by atomic mass is 10.1. The monoisotopic (exact) mass is 417 g/mol. The summed E-state index contributed by atoms with van der Waals surface area (Å²) in [4.78, 5) is 18.6. The van der Waals surface area contributed by atoms with Gasteiger partial charge in [0.15, 0.2) is 0 Å². The van der Waals surface area contributed by atoms with Crippen LogP contribution < -0.4 is 15.0 Å². The Morgan fingerprint density at radius 2 is 1.90 bits per heavy atom. The molecule has 0 aliphatic carbocycles. The van der Waals surface area contributed by atoms with E-state index in [-0.39, 0.29) is 12.1 Å². The summed E-state index contributed by atoms with van der Waals surface area (Å²) in [6, 6.07) is 13.7. The molecule has 2 aromatic rings. The van der Waals surface area contributed by atoms with Gasteiger partial charge in [-0.3, -0.25) is 0 Å². The van der Waals surface area contributed by atoms with Gasteiger partial charge in [-0.05, 0) is 39.2 Å². The molecule has 0 saturated carbocycles. The van der Waals surface area contributed by atoms with Crippen LogP contribution in [0.15, 0.2) is 42.5 Å². The van der Waals surface area contributed by atoms with Crippen LogP contribution in [0.25, 0.3) is 0 Å². The van der Waals surface area contributed by atoms with Crippen molar-refractivity contribution in [2.45, 2.75) is 51.9 Å². The molecule has 0 radical (unpaired) electrons. The minimum absolute atomic E-state index is 0.0917. The molecule has 0 spiro atoms. The lowest BCUT2D eigenvalue weighted by Gasteiger charge is -2.33. The van der Waals surface area contributed by atoms with Crippen molar-refractivity contribution in [2.24, 2.45) is 0 Å². The molecule has 0 atom stereocenters. The van der Waals surface area contributed by atoms with Crippen molar-refractivity contribution in [3.05, 3.63) is 53.2 Å². The number of benzene rings is 1. The molecule has 0 unspecified atom stereocenters. The van der Waals surface area contributed by atoms with Gasteiger partial charge in [-0.15, -0.1) is 0 Å². The molecule has 1 aromatic heterocycles. The minimum atomic E-state index is -0.494. The van der Waals surface area contributed by atoms with E-state index in [1.54, 1.807) is 6.07 Å². The summed E-state index contributed by atoms with van der Waals surface area (Å²) in [6.07, 6.45) is 1.26. The molecular weight excluding hydrogens is 390 g/mol. The third-order valence-corrected chi connectivity index (χ3v) is 4.74. The SMILES string of the molecule is CC(C)(C)OC(=O)NC1CCN(c2cc(OCc3ccccc3)cc(Cl)n2)CC1. The fourth-order valence-electron chi connectivity index (χ4n) is 3.17. The number of rotatable bonds is 5. The summed E-state index contributed by atoms with van der Waals surface area (Å²) in [5, 5.41) is 3.35. The summed E-state index contributed by atoms with van der Waals surface area (Å²) >= 11 is 6.22. The number of hydrogen-bond acceptors (Lipinski definition) is 5. The molecule has 29 heavy (non-hydrogen) atoms. The van der Waals surface area contributed by atoms with Crippen LogP contribution >= 0.6 is 11.6 Å². The third kappa shape index (κ3) is 6.82. The number of amides is 1. The molecule has 1 amide bonds. The highest BCUT2D eigenvalue weighted by atomic mass is 35.5. The lowest BCUT2D eigenvalue weighted by Crippen LogP contribution is -2.46.